The van der Waals surface area contributed by atoms with E-state index in [9.17, 15) is 27.2 Å². The monoisotopic (exact) mass is 579 g/mol. The average Bonchev–Trinajstić information content (AvgIpc) is 3.45. The molecule has 0 radical (unpaired) electrons. The summed E-state index contributed by atoms with van der Waals surface area (Å²) in [5, 5.41) is 6.38. The Kier molecular flexibility index (Phi) is 6.82. The van der Waals surface area contributed by atoms with Crippen LogP contribution in [-0.4, -0.2) is 61.6 Å². The predicted molar refractivity (Wildman–Crippen MR) is 134 cm³/mol. The maximum absolute atomic E-state index is 15.1. The number of aryl methyl sites for hydroxylation is 1. The minimum Gasteiger partial charge on any atom is -0.382 e. The lowest BCUT2D eigenvalue weighted by Gasteiger charge is -2.17. The number of hydrogen-bond acceptors (Lipinski definition) is 6. The van der Waals surface area contributed by atoms with Crippen LogP contribution in [0.3, 0.4) is 0 Å². The van der Waals surface area contributed by atoms with Gasteiger partial charge in [0.1, 0.15) is 34.7 Å². The third-order valence-electron chi connectivity index (χ3n) is 6.51. The molecule has 1 aliphatic heterocycles. The molecular weight excluding hydrogens is 561 g/mol. The van der Waals surface area contributed by atoms with Crippen molar-refractivity contribution in [3.05, 3.63) is 76.1 Å². The lowest BCUT2D eigenvalue weighted by Crippen LogP contribution is -2.42. The number of pyridine rings is 1. The molecule has 5 rings (SSSR count). The van der Waals surface area contributed by atoms with Crippen LogP contribution in [0.15, 0.2) is 42.7 Å². The van der Waals surface area contributed by atoms with Crippen molar-refractivity contribution in [3.8, 4) is 11.3 Å². The molecule has 1 aliphatic rings. The van der Waals surface area contributed by atoms with Crippen molar-refractivity contribution in [3.63, 3.8) is 0 Å². The number of nitrogen functional groups attached to an aromatic ring is 1. The van der Waals surface area contributed by atoms with Crippen LogP contribution in [0.1, 0.15) is 32.0 Å². The first kappa shape index (κ1) is 27.2. The summed E-state index contributed by atoms with van der Waals surface area (Å²) < 4.78 is 71.9. The van der Waals surface area contributed by atoms with E-state index in [2.05, 4.69) is 20.4 Å². The summed E-state index contributed by atoms with van der Waals surface area (Å²) in [6.45, 7) is 0.923. The van der Waals surface area contributed by atoms with Crippen molar-refractivity contribution >= 4 is 34.7 Å². The highest BCUT2D eigenvalue weighted by molar-refractivity contribution is 6.29. The molecule has 0 aliphatic carbocycles. The molecule has 208 valence electrons. The van der Waals surface area contributed by atoms with Gasteiger partial charge in [-0.1, -0.05) is 17.7 Å². The molecule has 0 saturated carbocycles. The molecule has 15 heteroatoms. The third kappa shape index (κ3) is 4.90. The fourth-order valence-electron chi connectivity index (χ4n) is 4.59. The second kappa shape index (κ2) is 10.0. The van der Waals surface area contributed by atoms with E-state index < -0.39 is 52.9 Å². The first-order valence-corrected chi connectivity index (χ1v) is 12.1. The van der Waals surface area contributed by atoms with Crippen molar-refractivity contribution in [1.29, 1.82) is 0 Å². The van der Waals surface area contributed by atoms with Gasteiger partial charge in [-0.3, -0.25) is 9.59 Å². The van der Waals surface area contributed by atoms with Gasteiger partial charge in [-0.15, -0.1) is 0 Å². The number of rotatable bonds is 4. The molecule has 2 atom stereocenters. The number of benzene rings is 1. The summed E-state index contributed by atoms with van der Waals surface area (Å²) in [6, 6.07) is 6.01. The Bertz CT molecular complexity index is 1660. The molecule has 4 aromatic rings. The number of carbonyl (C=O) groups excluding carboxylic acids is 2. The van der Waals surface area contributed by atoms with Crippen molar-refractivity contribution < 1.29 is 31.5 Å². The molecule has 1 aromatic carbocycles. The highest BCUT2D eigenvalue weighted by Crippen LogP contribution is 2.39. The zero-order valence-electron chi connectivity index (χ0n) is 20.5. The summed E-state index contributed by atoms with van der Waals surface area (Å²) in [7, 11) is 0. The van der Waals surface area contributed by atoms with Crippen molar-refractivity contribution in [2.45, 2.75) is 25.3 Å². The van der Waals surface area contributed by atoms with Gasteiger partial charge < -0.3 is 16.0 Å². The zero-order valence-corrected chi connectivity index (χ0v) is 21.3. The molecule has 0 spiro atoms. The topological polar surface area (TPSA) is 119 Å². The number of likely N-dealkylation sites (tertiary alicyclic amines) is 1. The molecule has 9 nitrogen and oxygen atoms in total. The molecular formula is C25H19ClF5N7O2. The van der Waals surface area contributed by atoms with E-state index in [-0.39, 0.29) is 46.3 Å². The number of alkyl halides is 4. The van der Waals surface area contributed by atoms with Gasteiger partial charge in [0.2, 0.25) is 0 Å². The summed E-state index contributed by atoms with van der Waals surface area (Å²) in [5.41, 5.74) is 3.26. The third-order valence-corrected chi connectivity index (χ3v) is 6.72. The van der Waals surface area contributed by atoms with Crippen LogP contribution in [0.25, 0.3) is 16.8 Å². The Morgan fingerprint density at radius 3 is 2.62 bits per heavy atom. The predicted octanol–water partition coefficient (Wildman–Crippen LogP) is 4.09. The van der Waals surface area contributed by atoms with Crippen molar-refractivity contribution in [2.75, 3.05) is 18.8 Å². The maximum atomic E-state index is 15.1. The van der Waals surface area contributed by atoms with Crippen LogP contribution in [-0.2, 0) is 6.18 Å². The fourth-order valence-corrected chi connectivity index (χ4v) is 4.75. The number of halogens is 6. The number of aromatic nitrogens is 4. The maximum Gasteiger partial charge on any atom is 0.418 e. The van der Waals surface area contributed by atoms with Crippen molar-refractivity contribution in [2.24, 2.45) is 0 Å². The Hall–Kier alpha value is -4.33. The smallest absolute Gasteiger partial charge is 0.382 e. The Morgan fingerprint density at radius 2 is 1.93 bits per heavy atom. The Balaban J connectivity index is 1.44. The summed E-state index contributed by atoms with van der Waals surface area (Å²) in [5.74, 6) is -2.78. The second-order valence-electron chi connectivity index (χ2n) is 9.15. The van der Waals surface area contributed by atoms with Gasteiger partial charge in [0.15, 0.2) is 5.82 Å². The molecule has 3 aromatic heterocycles. The number of nitrogens with two attached hydrogens (primary N) is 1. The molecule has 3 N–H and O–H groups in total. The van der Waals surface area contributed by atoms with E-state index in [0.29, 0.717) is 6.07 Å². The molecule has 1 saturated heterocycles. The average molecular weight is 580 g/mol. The first-order valence-electron chi connectivity index (χ1n) is 11.7. The van der Waals surface area contributed by atoms with Gasteiger partial charge in [-0.25, -0.2) is 23.3 Å². The lowest BCUT2D eigenvalue weighted by atomic mass is 10.0. The highest BCUT2D eigenvalue weighted by atomic mass is 35.5. The second-order valence-corrected chi connectivity index (χ2v) is 9.53. The summed E-state index contributed by atoms with van der Waals surface area (Å²) in [6.07, 6.45) is -5.57. The van der Waals surface area contributed by atoms with E-state index in [1.165, 1.54) is 30.0 Å². The first-order chi connectivity index (χ1) is 18.8. The lowest BCUT2D eigenvalue weighted by molar-refractivity contribution is -0.136. The minimum atomic E-state index is -4.85. The van der Waals surface area contributed by atoms with Gasteiger partial charge in [0, 0.05) is 17.7 Å². The van der Waals surface area contributed by atoms with Crippen LogP contribution in [0, 0.1) is 12.7 Å². The number of nitrogens with one attached hydrogen (secondary N) is 1. The molecule has 0 unspecified atom stereocenters. The molecule has 2 amide bonds. The van der Waals surface area contributed by atoms with E-state index >= 15 is 4.39 Å². The number of anilines is 1. The Morgan fingerprint density at radius 1 is 1.18 bits per heavy atom. The SMILES string of the molecule is Cc1cc(F)c(-c2cc(C(F)(F)F)c3c(N)ncnn23)cc1C(=O)N[C@@H]1CN(C(=O)c2cccc(Cl)n2)C[C@@H]1F. The van der Waals surface area contributed by atoms with Gasteiger partial charge in [0.05, 0.1) is 23.8 Å². The van der Waals surface area contributed by atoms with Crippen molar-refractivity contribution in [1.82, 2.24) is 29.8 Å². The number of carbonyl (C=O) groups is 2. The van der Waals surface area contributed by atoms with Crippen LogP contribution >= 0.6 is 11.6 Å². The molecule has 0 bridgehead atoms. The molecule has 4 heterocycles. The van der Waals surface area contributed by atoms with Gasteiger partial charge >= 0.3 is 6.18 Å². The zero-order chi connectivity index (χ0) is 28.9. The van der Waals surface area contributed by atoms with Crippen LogP contribution in [0.5, 0.6) is 0 Å². The van der Waals surface area contributed by atoms with Gasteiger partial charge in [-0.05, 0) is 42.8 Å². The van der Waals surface area contributed by atoms with E-state index in [1.807, 2.05) is 0 Å². The summed E-state index contributed by atoms with van der Waals surface area (Å²) >= 11 is 5.83. The minimum absolute atomic E-state index is 0.00722. The quantitative estimate of drug-likeness (QED) is 0.278. The largest absolute Gasteiger partial charge is 0.418 e. The van der Waals surface area contributed by atoms with Crippen LogP contribution < -0.4 is 11.1 Å². The van der Waals surface area contributed by atoms with Crippen LogP contribution in [0.2, 0.25) is 5.15 Å². The number of hydrogen-bond donors (Lipinski definition) is 2. The van der Waals surface area contributed by atoms with Crippen LogP contribution in [0.4, 0.5) is 27.8 Å². The van der Waals surface area contributed by atoms with Gasteiger partial charge in [0.25, 0.3) is 11.8 Å². The van der Waals surface area contributed by atoms with E-state index in [4.69, 9.17) is 17.3 Å². The highest BCUT2D eigenvalue weighted by Gasteiger charge is 2.39. The van der Waals surface area contributed by atoms with Gasteiger partial charge in [-0.2, -0.15) is 18.3 Å². The number of amides is 2. The normalized spacial score (nSPS) is 17.4. The summed E-state index contributed by atoms with van der Waals surface area (Å²) in [4.78, 5) is 34.6. The number of fused-ring (bicyclic) bond motifs is 1. The molecule has 40 heavy (non-hydrogen) atoms. The standard InChI is InChI=1S/C25H19ClF5N7O2/c1-11-5-15(27)13(19-7-14(25(29,30)31)21-22(32)33-10-34-38(19)21)6-12(11)23(39)36-18-9-37(8-16(18)28)24(40)17-3-2-4-20(26)35-17/h2-7,10,16,18H,8-9H2,1H3,(H,36,39)(H2,32,33,34)/t16-,18+/m0/s1. The Labute approximate surface area is 227 Å². The van der Waals surface area contributed by atoms with E-state index in [0.717, 1.165) is 23.0 Å². The van der Waals surface area contributed by atoms with E-state index in [1.54, 1.807) is 0 Å². The number of nitrogens with zero attached hydrogens (tertiary/aromatic N) is 5. The molecule has 1 fully saturated rings. The fraction of sp³-hybridized carbons (Fsp3) is 0.240.